The molecule has 1 atom stereocenters. The van der Waals surface area contributed by atoms with Gasteiger partial charge in [-0.15, -0.1) is 0 Å². The van der Waals surface area contributed by atoms with Crippen LogP contribution in [0.2, 0.25) is 0 Å². The van der Waals surface area contributed by atoms with Gasteiger partial charge in [-0.1, -0.05) is 19.9 Å². The fourth-order valence-corrected chi connectivity index (χ4v) is 3.05. The predicted molar refractivity (Wildman–Crippen MR) is 106 cm³/mol. The molecule has 0 aromatic carbocycles. The summed E-state index contributed by atoms with van der Waals surface area (Å²) < 4.78 is 31.5. The van der Waals surface area contributed by atoms with Gasteiger partial charge >= 0.3 is 0 Å². The van der Waals surface area contributed by atoms with Gasteiger partial charge in [0.05, 0.1) is 17.6 Å². The van der Waals surface area contributed by atoms with Crippen LogP contribution in [0.15, 0.2) is 42.7 Å². The largest absolute Gasteiger partial charge is 0.487 e. The normalized spacial score (nSPS) is 16.1. The maximum absolute atomic E-state index is 12.3. The molecule has 0 amide bonds. The molecule has 1 saturated heterocycles. The van der Waals surface area contributed by atoms with E-state index in [0.29, 0.717) is 17.4 Å². The molecule has 1 aliphatic rings. The summed E-state index contributed by atoms with van der Waals surface area (Å²) in [6.45, 7) is 5.32. The van der Waals surface area contributed by atoms with Crippen LogP contribution >= 0.6 is 0 Å². The Hall–Kier alpha value is -2.74. The van der Waals surface area contributed by atoms with Crippen molar-refractivity contribution in [3.05, 3.63) is 42.7 Å². The molecule has 6 nitrogen and oxygen atoms in total. The Balaban J connectivity index is 0.00000109. The first-order valence-corrected chi connectivity index (χ1v) is 9.52. The summed E-state index contributed by atoms with van der Waals surface area (Å²) in [5.74, 6) is 1.19. The highest BCUT2D eigenvalue weighted by molar-refractivity contribution is 5.62. The van der Waals surface area contributed by atoms with Gasteiger partial charge in [0.15, 0.2) is 0 Å². The van der Waals surface area contributed by atoms with Gasteiger partial charge in [-0.3, -0.25) is 4.40 Å². The maximum atomic E-state index is 12.3. The summed E-state index contributed by atoms with van der Waals surface area (Å²) in [5, 5.41) is 6.75. The molecule has 0 spiro atoms. The number of hydrogen-bond acceptors (Lipinski definition) is 5. The quantitative estimate of drug-likeness (QED) is 0.671. The lowest BCUT2D eigenvalue weighted by Crippen LogP contribution is -2.22. The number of imidazole rings is 1. The molecule has 1 unspecified atom stereocenters. The molecule has 4 rings (SSSR count). The number of rotatable bonds is 6. The first-order chi connectivity index (χ1) is 13.7. The Labute approximate surface area is 163 Å². The van der Waals surface area contributed by atoms with Crippen LogP contribution in [0, 0.1) is 0 Å². The van der Waals surface area contributed by atoms with E-state index in [9.17, 15) is 8.78 Å². The number of aromatic nitrogens is 3. The minimum absolute atomic E-state index is 0.368. The van der Waals surface area contributed by atoms with E-state index in [2.05, 4.69) is 20.6 Å². The van der Waals surface area contributed by atoms with Crippen molar-refractivity contribution in [1.82, 2.24) is 19.7 Å². The second kappa shape index (κ2) is 9.45. The third-order valence-electron chi connectivity index (χ3n) is 4.28. The van der Waals surface area contributed by atoms with Crippen LogP contribution in [0.4, 0.5) is 14.6 Å². The van der Waals surface area contributed by atoms with Crippen molar-refractivity contribution in [3.63, 3.8) is 0 Å². The molecule has 0 radical (unpaired) electrons. The first kappa shape index (κ1) is 20.0. The number of fused-ring (bicyclic) bond motifs is 1. The summed E-state index contributed by atoms with van der Waals surface area (Å²) in [5.41, 5.74) is 2.23. The lowest BCUT2D eigenvalue weighted by atomic mass is 10.2. The Bertz CT molecular complexity index is 893. The average Bonchev–Trinajstić information content (AvgIpc) is 3.37. The second-order valence-electron chi connectivity index (χ2n) is 6.18. The molecular weight excluding hydrogens is 364 g/mol. The monoisotopic (exact) mass is 389 g/mol. The summed E-state index contributed by atoms with van der Waals surface area (Å²) in [6.07, 6.45) is 2.04. The number of pyridine rings is 2. The zero-order chi connectivity index (χ0) is 19.9. The summed E-state index contributed by atoms with van der Waals surface area (Å²) in [4.78, 5) is 9.02. The highest BCUT2D eigenvalue weighted by Crippen LogP contribution is 2.23. The number of alkyl halides is 2. The molecule has 150 valence electrons. The van der Waals surface area contributed by atoms with Crippen molar-refractivity contribution < 1.29 is 13.5 Å². The highest BCUT2D eigenvalue weighted by Gasteiger charge is 2.15. The van der Waals surface area contributed by atoms with Crippen LogP contribution in [-0.4, -0.2) is 46.5 Å². The van der Waals surface area contributed by atoms with Crippen molar-refractivity contribution >= 4 is 11.5 Å². The minimum atomic E-state index is -2.50. The van der Waals surface area contributed by atoms with Gasteiger partial charge in [-0.2, -0.15) is 0 Å². The fourth-order valence-electron chi connectivity index (χ4n) is 3.05. The molecule has 28 heavy (non-hydrogen) atoms. The smallest absolute Gasteiger partial charge is 0.272 e. The maximum Gasteiger partial charge on any atom is 0.272 e. The van der Waals surface area contributed by atoms with Crippen LogP contribution in [0.3, 0.4) is 0 Å². The number of hydrogen-bond donors (Lipinski definition) is 2. The van der Waals surface area contributed by atoms with Crippen LogP contribution in [0.5, 0.6) is 5.75 Å². The molecule has 3 aromatic rings. The molecule has 0 bridgehead atoms. The highest BCUT2D eigenvalue weighted by atomic mass is 19.3. The van der Waals surface area contributed by atoms with Gasteiger partial charge in [0.25, 0.3) is 6.43 Å². The molecule has 4 heterocycles. The van der Waals surface area contributed by atoms with Crippen LogP contribution in [-0.2, 0) is 0 Å². The topological polar surface area (TPSA) is 63.5 Å². The van der Waals surface area contributed by atoms with Crippen LogP contribution in [0.25, 0.3) is 17.0 Å². The van der Waals surface area contributed by atoms with E-state index in [4.69, 9.17) is 4.74 Å². The number of nitrogens with zero attached hydrogens (tertiary/aromatic N) is 3. The fraction of sp³-hybridized carbons (Fsp3) is 0.400. The molecule has 2 N–H and O–H groups in total. The molecule has 0 saturated carbocycles. The number of nitrogens with one attached hydrogen (secondary N) is 2. The summed E-state index contributed by atoms with van der Waals surface area (Å²) in [6, 6.07) is 9.48. The summed E-state index contributed by atoms with van der Waals surface area (Å²) >= 11 is 0. The van der Waals surface area contributed by atoms with E-state index in [-0.39, 0.29) is 0 Å². The molecule has 8 heteroatoms. The zero-order valence-electron chi connectivity index (χ0n) is 16.0. The van der Waals surface area contributed by atoms with E-state index < -0.39 is 13.0 Å². The standard InChI is InChI=1S/C18H19F2N5O.C2H6/c19-16(20)11-26-13-5-7-25-15(10-22-18(25)8-13)14-2-1-3-17(24-14)23-12-4-6-21-9-12;1-2/h1-3,5,7-8,10,12,16,21H,4,6,9,11H2,(H,23,24);1-2H3. The average molecular weight is 389 g/mol. The molecule has 3 aromatic heterocycles. The van der Waals surface area contributed by atoms with Gasteiger partial charge in [-0.25, -0.2) is 18.7 Å². The Morgan fingerprint density at radius 2 is 2.18 bits per heavy atom. The Kier molecular flexibility index (Phi) is 6.76. The second-order valence-corrected chi connectivity index (χ2v) is 6.18. The van der Waals surface area contributed by atoms with Crippen molar-refractivity contribution in [1.29, 1.82) is 0 Å². The number of ether oxygens (including phenoxy) is 1. The molecule has 0 aliphatic carbocycles. The molecular formula is C20H25F2N5O. The third kappa shape index (κ3) is 4.75. The number of halogens is 2. The lowest BCUT2D eigenvalue weighted by molar-refractivity contribution is 0.0819. The van der Waals surface area contributed by atoms with Crippen molar-refractivity contribution in [2.45, 2.75) is 32.7 Å². The van der Waals surface area contributed by atoms with Crippen molar-refractivity contribution in [2.24, 2.45) is 0 Å². The van der Waals surface area contributed by atoms with Crippen LogP contribution < -0.4 is 15.4 Å². The predicted octanol–water partition coefficient (Wildman–Crippen LogP) is 3.84. The van der Waals surface area contributed by atoms with E-state index in [1.165, 1.54) is 0 Å². The molecule has 1 aliphatic heterocycles. The van der Waals surface area contributed by atoms with E-state index in [0.717, 1.165) is 36.7 Å². The van der Waals surface area contributed by atoms with E-state index in [1.54, 1.807) is 24.5 Å². The third-order valence-corrected chi connectivity index (χ3v) is 4.28. The number of anilines is 1. The van der Waals surface area contributed by atoms with E-state index in [1.807, 2.05) is 36.4 Å². The zero-order valence-corrected chi connectivity index (χ0v) is 16.0. The van der Waals surface area contributed by atoms with Crippen LogP contribution in [0.1, 0.15) is 20.3 Å². The van der Waals surface area contributed by atoms with Gasteiger partial charge in [0.2, 0.25) is 0 Å². The minimum Gasteiger partial charge on any atom is -0.487 e. The SMILES string of the molecule is CC.FC(F)COc1ccn2c(-c3cccc(NC4CCNC4)n3)cnc2c1. The molecule has 1 fully saturated rings. The van der Waals surface area contributed by atoms with Gasteiger partial charge in [-0.05, 0) is 31.2 Å². The first-order valence-electron chi connectivity index (χ1n) is 9.52. The van der Waals surface area contributed by atoms with Crippen molar-refractivity contribution in [3.8, 4) is 17.1 Å². The van der Waals surface area contributed by atoms with Crippen molar-refractivity contribution in [2.75, 3.05) is 25.0 Å². The Morgan fingerprint density at radius 1 is 1.32 bits per heavy atom. The Morgan fingerprint density at radius 3 is 2.93 bits per heavy atom. The van der Waals surface area contributed by atoms with Gasteiger partial charge in [0, 0.05) is 24.8 Å². The lowest BCUT2D eigenvalue weighted by Gasteiger charge is -2.12. The van der Waals surface area contributed by atoms with E-state index >= 15 is 0 Å². The summed E-state index contributed by atoms with van der Waals surface area (Å²) in [7, 11) is 0. The van der Waals surface area contributed by atoms with Gasteiger partial charge < -0.3 is 15.4 Å². The van der Waals surface area contributed by atoms with Gasteiger partial charge in [0.1, 0.15) is 23.8 Å².